The van der Waals surface area contributed by atoms with E-state index in [2.05, 4.69) is 217 Å². The predicted molar refractivity (Wildman–Crippen MR) is 485 cm³/mol. The number of rotatable bonds is 34. The number of aromatic nitrogens is 2. The van der Waals surface area contributed by atoms with Gasteiger partial charge in [-0.1, -0.05) is 317 Å². The number of hydrogen-bond acceptors (Lipinski definition) is 7. The summed E-state index contributed by atoms with van der Waals surface area (Å²) in [5.74, 6) is 3.17. The molecule has 0 radical (unpaired) electrons. The number of benzene rings is 1. The van der Waals surface area contributed by atoms with E-state index in [1.807, 2.05) is 37.4 Å². The van der Waals surface area contributed by atoms with E-state index in [0.717, 1.165) is 72.8 Å². The minimum absolute atomic E-state index is 0.512. The maximum Gasteiger partial charge on any atom is 0.416 e. The number of nitrogens with zero attached hydrogens (tertiary/aromatic N) is 5. The fraction of sp³-hybridized carbons (Fsp3) is 0.776. The molecule has 2 saturated carbocycles. The van der Waals surface area contributed by atoms with E-state index >= 15 is 0 Å². The first kappa shape index (κ1) is 109. The Labute approximate surface area is 680 Å². The first-order valence-electron chi connectivity index (χ1n) is 45.8. The number of unbranched alkanes of at least 4 members (excludes halogenated alkanes) is 8. The highest BCUT2D eigenvalue weighted by Gasteiger charge is 2.40. The minimum atomic E-state index is -4.23. The van der Waals surface area contributed by atoms with Gasteiger partial charge in [0.15, 0.2) is 0 Å². The molecular weight excluding hydrogens is 1370 g/mol. The smallest absolute Gasteiger partial charge is 0.304 e. The standard InChI is InChI=1S/C13H17F3.C10H20.C9H20N2.C9H19N.C9H13N.C9H18.C8H13NS.C8H12S.C8H18.C8H16.C7H14/c1-3-5-10-7-11(6-4-2)9-12(8-10)13(14,15)16;1-3-9-5-7-10(4-2)8-6-9;1-3-5-11-8-6-10(4-2)7-9-11;1-3-9-5-7-10(4-2)8-6-9;1-3-8-5-6-9(4-2)10-7-8;1-3-5-9(6-4-2)7-8-9;1-3-5-8-9-7(4-2)6-10-8;1-3-7-5-6-8(4-2)9-7;2*1-3-5-7-8-6-4-2;1-3-5-7-6-4-2/h7-9H,3-6H2,1-2H3;9-10H,3-8H2,1-2H3;3-9H2,1-2H3;9H,3-8H2,1-2H3;5-7H,3-4H2,1-2H3;3-8H2,1-2H3;6H,3-5H2,1-2H3;5-6H,3-4H2,1-2H3;3-8H2,1-2H3;7-8H,3-6H2,1-2H3;5,7H,3-4,6H2,1-2H3/b;;;;;;;;;8-7+;7-5-. The van der Waals surface area contributed by atoms with Crippen LogP contribution in [0.5, 0.6) is 0 Å². The molecule has 4 aliphatic rings. The maximum absolute atomic E-state index is 12.6. The van der Waals surface area contributed by atoms with Crippen LogP contribution in [0, 0.1) is 23.2 Å². The average Bonchev–Trinajstić information content (AvgIpc) is 1.52. The summed E-state index contributed by atoms with van der Waals surface area (Å²) < 4.78 is 37.9. The molecule has 4 fully saturated rings. The number of aryl methyl sites for hydroxylation is 8. The molecule has 630 valence electrons. The van der Waals surface area contributed by atoms with Gasteiger partial charge in [0.25, 0.3) is 0 Å². The van der Waals surface area contributed by atoms with Crippen LogP contribution in [-0.4, -0.2) is 83.6 Å². The zero-order valence-electron chi connectivity index (χ0n) is 75.6. The zero-order chi connectivity index (χ0) is 81.3. The van der Waals surface area contributed by atoms with Crippen molar-refractivity contribution in [3.63, 3.8) is 0 Å². The van der Waals surface area contributed by atoms with Crippen molar-refractivity contribution in [2.24, 2.45) is 23.2 Å². The fourth-order valence-corrected chi connectivity index (χ4v) is 15.3. The number of halogens is 3. The molecule has 0 spiro atoms. The Morgan fingerprint density at radius 2 is 0.870 bits per heavy atom. The third kappa shape index (κ3) is 61.4. The number of alkyl halides is 3. The van der Waals surface area contributed by atoms with Crippen molar-refractivity contribution in [3.8, 4) is 0 Å². The summed E-state index contributed by atoms with van der Waals surface area (Å²) in [5.41, 5.74) is 5.66. The van der Waals surface area contributed by atoms with Crippen LogP contribution in [0.4, 0.5) is 13.2 Å². The molecule has 10 heteroatoms. The zero-order valence-corrected chi connectivity index (χ0v) is 77.2. The summed E-state index contributed by atoms with van der Waals surface area (Å²) in [5, 5.41) is 3.45. The Kier molecular flexibility index (Phi) is 77.2. The molecule has 0 unspecified atom stereocenters. The van der Waals surface area contributed by atoms with Gasteiger partial charge in [0.05, 0.1) is 16.3 Å². The number of likely N-dealkylation sites (tertiary alicyclic amines) is 1. The molecule has 8 rings (SSSR count). The Bertz CT molecular complexity index is 2390. The molecular formula is C98H180F3N5S2. The lowest BCUT2D eigenvalue weighted by Gasteiger charge is -2.33. The van der Waals surface area contributed by atoms with Crippen LogP contribution in [0.25, 0.3) is 0 Å². The van der Waals surface area contributed by atoms with Gasteiger partial charge in [-0.3, -0.25) is 4.98 Å². The lowest BCUT2D eigenvalue weighted by molar-refractivity contribution is -0.137. The third-order valence-electron chi connectivity index (χ3n) is 21.2. The molecule has 5 nitrogen and oxygen atoms in total. The number of thiophene rings is 1. The maximum atomic E-state index is 12.6. The molecule has 0 N–H and O–H groups in total. The Balaban J connectivity index is -0.00000113. The molecule has 1 aromatic carbocycles. The van der Waals surface area contributed by atoms with Crippen molar-refractivity contribution < 1.29 is 13.2 Å². The highest BCUT2D eigenvalue weighted by Crippen LogP contribution is 2.53. The third-order valence-corrected chi connectivity index (χ3v) is 23.5. The SMILES string of the molecule is CC/C=C\CCC.CCC/C=C/CCC.CCC1CCC(CC)CC1.CCC1CCN(CC)CC1.CCCC1(CCC)CC1.CCCCCCCC.CCCN1CCN(CC)CC1.CCCc1cc(CCC)cc(C(F)(F)F)c1.CCCc1nc(CC)cs1.CCc1ccc(CC)nc1.CCc1ccc(CC)s1. The summed E-state index contributed by atoms with van der Waals surface area (Å²) in [6.07, 6.45) is 58.2. The highest BCUT2D eigenvalue weighted by atomic mass is 32.1. The number of pyridine rings is 1. The van der Waals surface area contributed by atoms with E-state index in [9.17, 15) is 13.2 Å². The lowest BCUT2D eigenvalue weighted by atomic mass is 9.80. The van der Waals surface area contributed by atoms with Crippen LogP contribution in [0.15, 0.2) is 78.3 Å². The van der Waals surface area contributed by atoms with Gasteiger partial charge in [-0.05, 0) is 231 Å². The van der Waals surface area contributed by atoms with Gasteiger partial charge in [-0.15, -0.1) is 22.7 Å². The van der Waals surface area contributed by atoms with Crippen LogP contribution < -0.4 is 0 Å². The predicted octanol–water partition coefficient (Wildman–Crippen LogP) is 31.8. The molecule has 0 bridgehead atoms. The number of thiazole rings is 1. The summed E-state index contributed by atoms with van der Waals surface area (Å²) in [7, 11) is 0. The van der Waals surface area contributed by atoms with Crippen molar-refractivity contribution in [1.29, 1.82) is 0 Å². The number of piperazine rings is 1. The largest absolute Gasteiger partial charge is 0.416 e. The van der Waals surface area contributed by atoms with E-state index in [-0.39, 0.29) is 0 Å². The normalized spacial score (nSPS) is 16.1. The van der Waals surface area contributed by atoms with Crippen molar-refractivity contribution in [2.75, 3.05) is 58.9 Å². The second-order valence-corrected chi connectivity index (χ2v) is 32.9. The van der Waals surface area contributed by atoms with Gasteiger partial charge in [0.2, 0.25) is 0 Å². The molecule has 2 aliphatic carbocycles. The number of allylic oxidation sites excluding steroid dienone is 4. The van der Waals surface area contributed by atoms with E-state index < -0.39 is 11.7 Å². The number of piperidine rings is 1. The second-order valence-electron chi connectivity index (χ2n) is 30.7. The summed E-state index contributed by atoms with van der Waals surface area (Å²) in [6, 6.07) is 13.1. The molecule has 3 aromatic heterocycles. The van der Waals surface area contributed by atoms with Crippen LogP contribution in [0.2, 0.25) is 0 Å². The van der Waals surface area contributed by atoms with E-state index in [0.29, 0.717) is 12.8 Å². The van der Waals surface area contributed by atoms with Crippen LogP contribution >= 0.6 is 22.7 Å². The monoisotopic (exact) mass is 1550 g/mol. The first-order chi connectivity index (χ1) is 52.2. The topological polar surface area (TPSA) is 35.5 Å². The van der Waals surface area contributed by atoms with Crippen molar-refractivity contribution in [3.05, 3.63) is 127 Å². The van der Waals surface area contributed by atoms with Crippen molar-refractivity contribution >= 4 is 22.7 Å². The molecule has 5 heterocycles. The minimum Gasteiger partial charge on any atom is -0.304 e. The Morgan fingerprint density at radius 3 is 1.19 bits per heavy atom. The second kappa shape index (κ2) is 76.5. The van der Waals surface area contributed by atoms with E-state index in [4.69, 9.17) is 0 Å². The van der Waals surface area contributed by atoms with Crippen LogP contribution in [0.3, 0.4) is 0 Å². The van der Waals surface area contributed by atoms with Crippen LogP contribution in [-0.2, 0) is 57.5 Å². The van der Waals surface area contributed by atoms with E-state index in [1.165, 1.54) is 308 Å². The van der Waals surface area contributed by atoms with Gasteiger partial charge in [-0.2, -0.15) is 13.2 Å². The van der Waals surface area contributed by atoms with Gasteiger partial charge >= 0.3 is 6.18 Å². The molecule has 4 aromatic rings. The number of hydrogen-bond donors (Lipinski definition) is 0. The summed E-state index contributed by atoms with van der Waals surface area (Å²) >= 11 is 3.72. The van der Waals surface area contributed by atoms with Crippen molar-refractivity contribution in [2.45, 2.75) is 415 Å². The molecule has 0 atom stereocenters. The van der Waals surface area contributed by atoms with Gasteiger partial charge in [0.1, 0.15) is 0 Å². The highest BCUT2D eigenvalue weighted by molar-refractivity contribution is 7.12. The molecule has 2 aliphatic heterocycles. The van der Waals surface area contributed by atoms with Crippen LogP contribution in [0.1, 0.15) is 406 Å². The Hall–Kier alpha value is -3.15. The van der Waals surface area contributed by atoms with Gasteiger partial charge < -0.3 is 14.7 Å². The Morgan fingerprint density at radius 1 is 0.426 bits per heavy atom. The molecule has 0 amide bonds. The number of likely N-dealkylation sites (N-methyl/N-ethyl adjacent to an activating group) is 1. The lowest BCUT2D eigenvalue weighted by Crippen LogP contribution is -2.46. The first-order valence-corrected chi connectivity index (χ1v) is 47.5. The van der Waals surface area contributed by atoms with Gasteiger partial charge in [0, 0.05) is 53.2 Å². The summed E-state index contributed by atoms with van der Waals surface area (Å²) in [6.45, 7) is 60.1. The molecule has 2 saturated heterocycles. The van der Waals surface area contributed by atoms with Gasteiger partial charge in [-0.25, -0.2) is 4.98 Å². The fourth-order valence-electron chi connectivity index (χ4n) is 13.4. The van der Waals surface area contributed by atoms with E-state index in [1.54, 1.807) is 11.3 Å². The quantitative estimate of drug-likeness (QED) is 0.0344. The average molecular weight is 1550 g/mol. The molecule has 108 heavy (non-hydrogen) atoms. The van der Waals surface area contributed by atoms with Crippen molar-refractivity contribution in [1.82, 2.24) is 24.7 Å². The summed E-state index contributed by atoms with van der Waals surface area (Å²) in [4.78, 5) is 19.3.